The Morgan fingerprint density at radius 1 is 1.05 bits per heavy atom. The Bertz CT molecular complexity index is 1500. The fourth-order valence-corrected chi connectivity index (χ4v) is 5.61. The third-order valence-electron chi connectivity index (χ3n) is 7.66. The van der Waals surface area contributed by atoms with E-state index < -0.39 is 36.0 Å². The molecule has 1 fully saturated rings. The number of halogens is 5. The summed E-state index contributed by atoms with van der Waals surface area (Å²) in [5, 5.41) is 9.83. The predicted octanol–water partition coefficient (Wildman–Crippen LogP) is 7.28. The van der Waals surface area contributed by atoms with Gasteiger partial charge in [-0.15, -0.1) is 0 Å². The van der Waals surface area contributed by atoms with Gasteiger partial charge in [0.05, 0.1) is 30.8 Å². The van der Waals surface area contributed by atoms with Gasteiger partial charge in [-0.1, -0.05) is 12.1 Å². The highest BCUT2D eigenvalue weighted by atomic mass is 19.4. The van der Waals surface area contributed by atoms with E-state index in [1.54, 1.807) is 25.1 Å². The molecule has 0 aliphatic carbocycles. The molecule has 5 rings (SSSR count). The summed E-state index contributed by atoms with van der Waals surface area (Å²) in [5.41, 5.74) is 0.645. The second kappa shape index (κ2) is 11.0. The molecule has 3 aromatic carbocycles. The number of nitrogens with zero attached hydrogens (tertiary/aromatic N) is 3. The van der Waals surface area contributed by atoms with Crippen molar-refractivity contribution in [2.24, 2.45) is 10.9 Å². The van der Waals surface area contributed by atoms with Crippen LogP contribution < -0.4 is 14.5 Å². The summed E-state index contributed by atoms with van der Waals surface area (Å²) in [6, 6.07) is 11.0. The predicted molar refractivity (Wildman–Crippen MR) is 145 cm³/mol. The first kappa shape index (κ1) is 28.4. The third kappa shape index (κ3) is 5.57. The fourth-order valence-electron chi connectivity index (χ4n) is 5.61. The standard InChI is InChI=1S/C30H28F5N3O3/c1-17-14-20(7-8-22(17)31)37-12-10-18(11-13-37)29-36-28-21(4-3-5-23(28)32)24(16-27(39)40)38(29)25-15-19(30(33,34)35)6-9-26(25)41-2/h3-9,14-15,18,24H,10-13,16H2,1-2H3,(H,39,40). The minimum Gasteiger partial charge on any atom is -0.495 e. The third-order valence-corrected chi connectivity index (χ3v) is 7.66. The van der Waals surface area contributed by atoms with Gasteiger partial charge in [0.15, 0.2) is 0 Å². The van der Waals surface area contributed by atoms with Crippen LogP contribution in [0.3, 0.4) is 0 Å². The number of ether oxygens (including phenoxy) is 1. The van der Waals surface area contributed by atoms with Crippen LogP contribution in [0, 0.1) is 24.5 Å². The van der Waals surface area contributed by atoms with Crippen molar-refractivity contribution in [2.75, 3.05) is 30.0 Å². The van der Waals surface area contributed by atoms with E-state index in [9.17, 15) is 27.5 Å². The maximum atomic E-state index is 15.1. The second-order valence-corrected chi connectivity index (χ2v) is 10.2. The first-order chi connectivity index (χ1) is 19.5. The summed E-state index contributed by atoms with van der Waals surface area (Å²) in [7, 11) is 1.32. The summed E-state index contributed by atoms with van der Waals surface area (Å²) in [5.74, 6) is -2.12. The van der Waals surface area contributed by atoms with Crippen LogP contribution in [0.15, 0.2) is 59.6 Å². The van der Waals surface area contributed by atoms with Crippen molar-refractivity contribution in [1.29, 1.82) is 0 Å². The quantitative estimate of drug-likeness (QED) is 0.314. The number of fused-ring (bicyclic) bond motifs is 1. The van der Waals surface area contributed by atoms with E-state index in [4.69, 9.17) is 4.74 Å². The van der Waals surface area contributed by atoms with E-state index in [0.717, 1.165) is 17.8 Å². The minimum atomic E-state index is -4.67. The molecule has 216 valence electrons. The van der Waals surface area contributed by atoms with Crippen LogP contribution in [0.5, 0.6) is 5.75 Å². The molecule has 1 saturated heterocycles. The molecule has 2 heterocycles. The van der Waals surface area contributed by atoms with Crippen LogP contribution >= 0.6 is 0 Å². The molecule has 0 radical (unpaired) electrons. The molecular formula is C30H28F5N3O3. The molecule has 0 amide bonds. The number of carbonyl (C=O) groups is 1. The smallest absolute Gasteiger partial charge is 0.416 e. The Labute approximate surface area is 233 Å². The molecule has 1 N–H and O–H groups in total. The molecule has 0 spiro atoms. The summed E-state index contributed by atoms with van der Waals surface area (Å²) >= 11 is 0. The number of anilines is 2. The Kier molecular flexibility index (Phi) is 7.63. The average molecular weight is 574 g/mol. The van der Waals surface area contributed by atoms with E-state index in [1.807, 2.05) is 0 Å². The van der Waals surface area contributed by atoms with Crippen molar-refractivity contribution < 1.29 is 36.6 Å². The lowest BCUT2D eigenvalue weighted by molar-refractivity contribution is -0.138. The lowest BCUT2D eigenvalue weighted by atomic mass is 9.89. The lowest BCUT2D eigenvalue weighted by Gasteiger charge is -2.43. The van der Waals surface area contributed by atoms with Gasteiger partial charge in [-0.05, 0) is 67.8 Å². The van der Waals surface area contributed by atoms with Crippen molar-refractivity contribution in [2.45, 2.75) is 38.4 Å². The SMILES string of the molecule is COc1ccc(C(F)(F)F)cc1N1C(C2CCN(c3ccc(F)c(C)c3)CC2)=Nc2c(F)cccc2C1CC(=O)O. The van der Waals surface area contributed by atoms with Gasteiger partial charge in [-0.25, -0.2) is 13.8 Å². The van der Waals surface area contributed by atoms with Gasteiger partial charge in [0.1, 0.15) is 28.9 Å². The number of para-hydroxylation sites is 1. The van der Waals surface area contributed by atoms with Crippen LogP contribution in [0.25, 0.3) is 0 Å². The van der Waals surface area contributed by atoms with Gasteiger partial charge < -0.3 is 19.6 Å². The maximum Gasteiger partial charge on any atom is 0.416 e. The number of benzene rings is 3. The van der Waals surface area contributed by atoms with E-state index in [1.165, 1.54) is 36.3 Å². The molecule has 2 aliphatic heterocycles. The van der Waals surface area contributed by atoms with Gasteiger partial charge in [0.25, 0.3) is 0 Å². The Morgan fingerprint density at radius 3 is 2.41 bits per heavy atom. The molecule has 11 heteroatoms. The van der Waals surface area contributed by atoms with E-state index >= 15 is 4.39 Å². The molecule has 0 saturated carbocycles. The zero-order valence-corrected chi connectivity index (χ0v) is 22.4. The van der Waals surface area contributed by atoms with Gasteiger partial charge in [-0.3, -0.25) is 4.79 Å². The number of aliphatic imine (C=N–C) groups is 1. The highest BCUT2D eigenvalue weighted by Gasteiger charge is 2.41. The van der Waals surface area contributed by atoms with E-state index in [2.05, 4.69) is 9.89 Å². The Hall–Kier alpha value is -4.15. The zero-order valence-electron chi connectivity index (χ0n) is 22.4. The van der Waals surface area contributed by atoms with Crippen molar-refractivity contribution in [3.05, 3.63) is 82.9 Å². The maximum absolute atomic E-state index is 15.1. The van der Waals surface area contributed by atoms with Gasteiger partial charge in [-0.2, -0.15) is 13.2 Å². The molecule has 2 aliphatic rings. The average Bonchev–Trinajstić information content (AvgIpc) is 2.94. The van der Waals surface area contributed by atoms with Gasteiger partial charge in [0, 0.05) is 30.3 Å². The molecular weight excluding hydrogens is 545 g/mol. The number of amidine groups is 1. The summed E-state index contributed by atoms with van der Waals surface area (Å²) < 4.78 is 75.8. The second-order valence-electron chi connectivity index (χ2n) is 10.2. The van der Waals surface area contributed by atoms with Crippen LogP contribution in [0.1, 0.15) is 42.0 Å². The van der Waals surface area contributed by atoms with E-state index in [0.29, 0.717) is 31.5 Å². The molecule has 0 bridgehead atoms. The first-order valence-electron chi connectivity index (χ1n) is 13.1. The summed E-state index contributed by atoms with van der Waals surface area (Å²) in [4.78, 5) is 20.2. The van der Waals surface area contributed by atoms with Crippen molar-refractivity contribution >= 4 is 28.9 Å². The minimum absolute atomic E-state index is 0.00109. The molecule has 0 aromatic heterocycles. The number of alkyl halides is 3. The number of piperidine rings is 1. The highest BCUT2D eigenvalue weighted by Crippen LogP contribution is 2.47. The number of aliphatic carboxylic acids is 1. The fraction of sp³-hybridized carbons (Fsp3) is 0.333. The van der Waals surface area contributed by atoms with E-state index in [-0.39, 0.29) is 40.3 Å². The normalized spacial score (nSPS) is 17.7. The van der Waals surface area contributed by atoms with Gasteiger partial charge in [0.2, 0.25) is 0 Å². The topological polar surface area (TPSA) is 65.4 Å². The van der Waals surface area contributed by atoms with Crippen LogP contribution in [0.2, 0.25) is 0 Å². The molecule has 1 unspecified atom stereocenters. The van der Waals surface area contributed by atoms with Crippen molar-refractivity contribution in [3.63, 3.8) is 0 Å². The van der Waals surface area contributed by atoms with Crippen LogP contribution in [0.4, 0.5) is 39.0 Å². The summed E-state index contributed by atoms with van der Waals surface area (Å²) in [6.07, 6.45) is -4.19. The lowest BCUT2D eigenvalue weighted by Crippen LogP contribution is -2.46. The number of carboxylic acid groups (broad SMARTS) is 1. The van der Waals surface area contributed by atoms with Crippen LogP contribution in [-0.4, -0.2) is 37.1 Å². The molecule has 1 atom stereocenters. The van der Waals surface area contributed by atoms with Crippen LogP contribution in [-0.2, 0) is 11.0 Å². The number of rotatable bonds is 6. The molecule has 6 nitrogen and oxygen atoms in total. The Balaban J connectivity index is 1.61. The van der Waals surface area contributed by atoms with Crippen molar-refractivity contribution in [3.8, 4) is 5.75 Å². The number of methoxy groups -OCH3 is 1. The monoisotopic (exact) mass is 573 g/mol. The zero-order chi connectivity index (χ0) is 29.5. The number of carboxylic acids is 1. The first-order valence-corrected chi connectivity index (χ1v) is 13.1. The Morgan fingerprint density at radius 2 is 1.78 bits per heavy atom. The number of aryl methyl sites for hydroxylation is 1. The number of hydrogen-bond donors (Lipinski definition) is 1. The van der Waals surface area contributed by atoms with Gasteiger partial charge >= 0.3 is 12.1 Å². The highest BCUT2D eigenvalue weighted by molar-refractivity contribution is 6.05. The molecule has 41 heavy (non-hydrogen) atoms. The summed E-state index contributed by atoms with van der Waals surface area (Å²) in [6.45, 7) is 2.73. The molecule has 3 aromatic rings. The van der Waals surface area contributed by atoms with Crippen molar-refractivity contribution in [1.82, 2.24) is 0 Å². The largest absolute Gasteiger partial charge is 0.495 e. The number of hydrogen-bond acceptors (Lipinski definition) is 5.